The van der Waals surface area contributed by atoms with Crippen molar-refractivity contribution in [3.05, 3.63) is 29.6 Å². The van der Waals surface area contributed by atoms with E-state index in [1.54, 1.807) is 13.9 Å². The van der Waals surface area contributed by atoms with E-state index in [0.29, 0.717) is 0 Å². The molecule has 0 bridgehead atoms. The maximum atomic E-state index is 10.9. The van der Waals surface area contributed by atoms with Gasteiger partial charge >= 0.3 is 163 Å². The molecule has 3 heterocycles. The minimum atomic E-state index is -3.06. The van der Waals surface area contributed by atoms with Crippen molar-refractivity contribution in [2.24, 2.45) is 0 Å². The van der Waals surface area contributed by atoms with Crippen LogP contribution in [-0.2, 0) is 27.8 Å². The Labute approximate surface area is 163 Å². The summed E-state index contributed by atoms with van der Waals surface area (Å²) in [5.41, 5.74) is 4.02. The molecule has 0 saturated carbocycles. The van der Waals surface area contributed by atoms with Gasteiger partial charge in [-0.15, -0.1) is 0 Å². The minimum absolute atomic E-state index is 0.228. The van der Waals surface area contributed by atoms with Gasteiger partial charge in [-0.3, -0.25) is 0 Å². The molecule has 0 aliphatic carbocycles. The molecule has 2 aliphatic rings. The Balaban J connectivity index is 1.53. The second-order valence-corrected chi connectivity index (χ2v) is 9.82. The molecule has 4 rings (SSSR count). The molecule has 2 aromatic rings. The van der Waals surface area contributed by atoms with Crippen molar-refractivity contribution < 1.29 is 32.9 Å². The standard InChI is InChI=1S/C17H24BN2O7P/c1-9-4-12-13(5-10(9)2)20(7-19-12)17-15(22)16-14(26-17)6-24-28(18,27-16)25-8-23-11(3)21/h4-5,7,14-17,22,28H,6,8,18H2,1-3H3/t14-,15+,16+,17-/m1/s1. The van der Waals surface area contributed by atoms with Crippen LogP contribution >= 0.6 is 7.82 Å². The fraction of sp³-hybridized carbons (Fsp3) is 0.529. The molecule has 1 aromatic heterocycles. The van der Waals surface area contributed by atoms with Crippen LogP contribution < -0.4 is 0 Å². The van der Waals surface area contributed by atoms with Crippen molar-refractivity contribution in [3.63, 3.8) is 0 Å². The van der Waals surface area contributed by atoms with Crippen LogP contribution in [0.15, 0.2) is 18.5 Å². The zero-order valence-corrected chi connectivity index (χ0v) is 17.2. The van der Waals surface area contributed by atoms with E-state index < -0.39 is 38.3 Å². The molecule has 0 spiro atoms. The van der Waals surface area contributed by atoms with Crippen LogP contribution in [0.4, 0.5) is 0 Å². The van der Waals surface area contributed by atoms with Gasteiger partial charge in [-0.25, -0.2) is 0 Å². The number of aromatic nitrogens is 2. The molecule has 2 fully saturated rings. The fourth-order valence-corrected chi connectivity index (χ4v) is 5.27. The Hall–Kier alpha value is -1.55. The molecular weight excluding hydrogens is 386 g/mol. The number of aliphatic hydroxyl groups is 1. The number of rotatable bonds is 4. The van der Waals surface area contributed by atoms with Gasteiger partial charge in [0.25, 0.3) is 0 Å². The molecule has 9 nitrogen and oxygen atoms in total. The van der Waals surface area contributed by atoms with E-state index in [9.17, 15) is 9.90 Å². The summed E-state index contributed by atoms with van der Waals surface area (Å²) >= 11 is 0. The molecule has 28 heavy (non-hydrogen) atoms. The number of carbonyl (C=O) groups excluding carboxylic acids is 1. The number of fused-ring (bicyclic) bond motifs is 2. The predicted molar refractivity (Wildman–Crippen MR) is 105 cm³/mol. The summed E-state index contributed by atoms with van der Waals surface area (Å²) in [6.45, 7) is 5.35. The average Bonchev–Trinajstić information content (AvgIpc) is 3.16. The molecule has 4 atom stereocenters. The fourth-order valence-electron chi connectivity index (χ4n) is 3.52. The van der Waals surface area contributed by atoms with Crippen molar-refractivity contribution in [2.75, 3.05) is 13.4 Å². The summed E-state index contributed by atoms with van der Waals surface area (Å²) in [7, 11) is -1.36. The summed E-state index contributed by atoms with van der Waals surface area (Å²) in [6, 6.07) is 4.05. The second-order valence-electron chi connectivity index (χ2n) is 7.29. The van der Waals surface area contributed by atoms with Gasteiger partial charge in [-0.1, -0.05) is 0 Å². The Kier molecular flexibility index (Phi) is 5.20. The van der Waals surface area contributed by atoms with Gasteiger partial charge in [0.05, 0.1) is 0 Å². The van der Waals surface area contributed by atoms with Crippen LogP contribution in [0.3, 0.4) is 0 Å². The number of benzene rings is 1. The van der Waals surface area contributed by atoms with Crippen LogP contribution in [-0.4, -0.2) is 59.9 Å². The third kappa shape index (κ3) is 3.56. The number of aliphatic hydroxyl groups excluding tert-OH is 1. The van der Waals surface area contributed by atoms with Gasteiger partial charge in [0.1, 0.15) is 0 Å². The van der Waals surface area contributed by atoms with Crippen LogP contribution in [0.25, 0.3) is 11.0 Å². The third-order valence-corrected chi connectivity index (χ3v) is 7.25. The average molecular weight is 410 g/mol. The van der Waals surface area contributed by atoms with Gasteiger partial charge in [0, 0.05) is 0 Å². The molecule has 0 amide bonds. The zero-order chi connectivity index (χ0) is 20.1. The summed E-state index contributed by atoms with van der Waals surface area (Å²) < 4.78 is 29.9. The summed E-state index contributed by atoms with van der Waals surface area (Å²) in [5, 5.41) is 10.9. The van der Waals surface area contributed by atoms with Crippen LogP contribution in [0.2, 0.25) is 0 Å². The van der Waals surface area contributed by atoms with Crippen molar-refractivity contribution in [2.45, 2.75) is 45.3 Å². The van der Waals surface area contributed by atoms with Gasteiger partial charge in [0.15, 0.2) is 0 Å². The first-order valence-corrected chi connectivity index (χ1v) is 11.4. The van der Waals surface area contributed by atoms with Gasteiger partial charge in [-0.2, -0.15) is 0 Å². The molecule has 1 aromatic carbocycles. The number of hydrogen-bond acceptors (Lipinski definition) is 8. The maximum absolute atomic E-state index is 10.9. The number of imidazole rings is 1. The van der Waals surface area contributed by atoms with Crippen LogP contribution in [0, 0.1) is 13.8 Å². The van der Waals surface area contributed by atoms with E-state index >= 15 is 0 Å². The van der Waals surface area contributed by atoms with Crippen LogP contribution in [0.1, 0.15) is 24.3 Å². The molecular formula is C17H24BN2O7P. The molecule has 0 radical (unpaired) electrons. The molecule has 2 aliphatic heterocycles. The van der Waals surface area contributed by atoms with E-state index in [2.05, 4.69) is 4.98 Å². The third-order valence-electron chi connectivity index (χ3n) is 5.22. The van der Waals surface area contributed by atoms with E-state index in [1.165, 1.54) is 6.92 Å². The normalized spacial score (nSPS) is 30.1. The molecule has 1 N–H and O–H groups in total. The number of nitrogens with zero attached hydrogens (tertiary/aromatic N) is 2. The predicted octanol–water partition coefficient (Wildman–Crippen LogP) is 0.907. The van der Waals surface area contributed by atoms with Crippen molar-refractivity contribution >= 4 is 32.4 Å². The number of ether oxygens (including phenoxy) is 2. The SMILES string of the molecule is B[PH]1(OCOC(C)=O)OC[C@H]2O[C@@H](n3cnc4cc(C)c(C)cc43)[C@@H](O)[C@H]2O1. The second kappa shape index (κ2) is 7.37. The van der Waals surface area contributed by atoms with E-state index in [-0.39, 0.29) is 13.4 Å². The van der Waals surface area contributed by atoms with Crippen molar-refractivity contribution in [1.82, 2.24) is 9.55 Å². The van der Waals surface area contributed by atoms with Gasteiger partial charge in [0.2, 0.25) is 0 Å². The quantitative estimate of drug-likeness (QED) is 0.344. The number of esters is 1. The van der Waals surface area contributed by atoms with Crippen molar-refractivity contribution in [1.29, 1.82) is 0 Å². The number of carbonyl (C=O) groups is 1. The summed E-state index contributed by atoms with van der Waals surface area (Å²) in [6.07, 6.45) is -0.921. The molecule has 11 heteroatoms. The Morgan fingerprint density at radius 2 is 2.18 bits per heavy atom. The first-order chi connectivity index (χ1) is 13.3. The molecule has 0 unspecified atom stereocenters. The van der Waals surface area contributed by atoms with E-state index in [1.807, 2.05) is 30.5 Å². The topological polar surface area (TPSA) is 101 Å². The Morgan fingerprint density at radius 1 is 1.43 bits per heavy atom. The Bertz CT molecular complexity index is 909. The van der Waals surface area contributed by atoms with Crippen LogP contribution in [0.5, 0.6) is 0 Å². The first-order valence-electron chi connectivity index (χ1n) is 9.14. The first kappa shape index (κ1) is 19.8. The molecule has 152 valence electrons. The van der Waals surface area contributed by atoms with Crippen molar-refractivity contribution in [3.8, 4) is 0 Å². The Morgan fingerprint density at radius 3 is 2.93 bits per heavy atom. The zero-order valence-electron chi connectivity index (χ0n) is 16.2. The summed E-state index contributed by atoms with van der Waals surface area (Å²) in [4.78, 5) is 15.4. The van der Waals surface area contributed by atoms with E-state index in [0.717, 1.165) is 22.2 Å². The number of hydrogen-bond donors (Lipinski definition) is 1. The summed E-state index contributed by atoms with van der Waals surface area (Å²) in [5.74, 6) is -0.451. The number of aryl methyl sites for hydroxylation is 2. The monoisotopic (exact) mass is 410 g/mol. The van der Waals surface area contributed by atoms with Gasteiger partial charge in [-0.05, 0) is 0 Å². The van der Waals surface area contributed by atoms with E-state index in [4.69, 9.17) is 23.0 Å². The molecule has 2 saturated heterocycles. The van der Waals surface area contributed by atoms with Gasteiger partial charge < -0.3 is 0 Å².